The summed E-state index contributed by atoms with van der Waals surface area (Å²) >= 11 is 4.93. The van der Waals surface area contributed by atoms with Gasteiger partial charge in [-0.2, -0.15) is 0 Å². The third-order valence-corrected chi connectivity index (χ3v) is 6.61. The molecule has 0 unspecified atom stereocenters. The fourth-order valence-electron chi connectivity index (χ4n) is 3.43. The summed E-state index contributed by atoms with van der Waals surface area (Å²) in [5.41, 5.74) is 3.60. The zero-order chi connectivity index (χ0) is 26.0. The molecule has 0 aliphatic rings. The van der Waals surface area contributed by atoms with E-state index in [1.165, 1.54) is 17.4 Å². The Balaban J connectivity index is 1.37. The standard InChI is InChI=1S/C29H27BrN2O4S/c1-3-15-35-23-12-10-22(11-13-23)25-19-37-29(31-25)32-27(33)14-9-21-16-24(30)28(26(17-21)34-2)36-18-20-7-5-4-6-8-20/h4-14,16-17,19H,3,15,18H2,1-2H3,(H,31,32,33). The molecule has 0 saturated carbocycles. The Morgan fingerprint density at radius 2 is 1.86 bits per heavy atom. The van der Waals surface area contributed by atoms with Crippen LogP contribution in [0.4, 0.5) is 5.13 Å². The first-order valence-electron chi connectivity index (χ1n) is 11.8. The highest BCUT2D eigenvalue weighted by atomic mass is 79.9. The van der Waals surface area contributed by atoms with E-state index in [2.05, 4.69) is 33.2 Å². The molecule has 1 heterocycles. The van der Waals surface area contributed by atoms with Crippen molar-refractivity contribution >= 4 is 44.4 Å². The van der Waals surface area contributed by atoms with Crippen LogP contribution in [0.3, 0.4) is 0 Å². The van der Waals surface area contributed by atoms with Crippen LogP contribution in [0.15, 0.2) is 82.7 Å². The molecule has 0 saturated heterocycles. The predicted octanol–water partition coefficient (Wildman–Crippen LogP) is 7.60. The fraction of sp³-hybridized carbons (Fsp3) is 0.172. The van der Waals surface area contributed by atoms with Gasteiger partial charge < -0.3 is 14.2 Å². The van der Waals surface area contributed by atoms with Crippen molar-refractivity contribution in [1.82, 2.24) is 4.98 Å². The van der Waals surface area contributed by atoms with Crippen LogP contribution in [0.5, 0.6) is 17.2 Å². The van der Waals surface area contributed by atoms with Crippen molar-refractivity contribution in [2.24, 2.45) is 0 Å². The molecular weight excluding hydrogens is 552 g/mol. The van der Waals surface area contributed by atoms with Crippen LogP contribution in [-0.4, -0.2) is 24.6 Å². The number of nitrogens with one attached hydrogen (secondary N) is 1. The molecule has 0 aliphatic carbocycles. The minimum Gasteiger partial charge on any atom is -0.494 e. The molecule has 3 aromatic carbocycles. The first-order valence-corrected chi connectivity index (χ1v) is 13.4. The number of amides is 1. The Labute approximate surface area is 229 Å². The number of carbonyl (C=O) groups excluding carboxylic acids is 1. The van der Waals surface area contributed by atoms with E-state index in [1.807, 2.05) is 72.1 Å². The maximum absolute atomic E-state index is 12.5. The van der Waals surface area contributed by atoms with E-state index in [4.69, 9.17) is 14.2 Å². The summed E-state index contributed by atoms with van der Waals surface area (Å²) in [5.74, 6) is 1.73. The number of carbonyl (C=O) groups is 1. The summed E-state index contributed by atoms with van der Waals surface area (Å²) in [6.45, 7) is 3.18. The van der Waals surface area contributed by atoms with E-state index < -0.39 is 0 Å². The molecule has 0 atom stereocenters. The van der Waals surface area contributed by atoms with Crippen molar-refractivity contribution in [2.45, 2.75) is 20.0 Å². The van der Waals surface area contributed by atoms with E-state index in [9.17, 15) is 4.79 Å². The van der Waals surface area contributed by atoms with Gasteiger partial charge in [0.15, 0.2) is 16.6 Å². The SMILES string of the molecule is CCCOc1ccc(-c2csc(NC(=O)C=Cc3cc(Br)c(OCc4ccccc4)c(OC)c3)n2)cc1. The Hall–Kier alpha value is -3.62. The van der Waals surface area contributed by atoms with Gasteiger partial charge in [-0.25, -0.2) is 4.98 Å². The van der Waals surface area contributed by atoms with Crippen LogP contribution in [0, 0.1) is 0 Å². The third-order valence-electron chi connectivity index (χ3n) is 5.26. The summed E-state index contributed by atoms with van der Waals surface area (Å²) in [6.07, 6.45) is 4.14. The predicted molar refractivity (Wildman–Crippen MR) is 152 cm³/mol. The first-order chi connectivity index (χ1) is 18.1. The van der Waals surface area contributed by atoms with Gasteiger partial charge in [0, 0.05) is 17.0 Å². The molecule has 4 rings (SSSR count). The second-order valence-corrected chi connectivity index (χ2v) is 9.75. The number of halogens is 1. The van der Waals surface area contributed by atoms with Crippen LogP contribution in [-0.2, 0) is 11.4 Å². The largest absolute Gasteiger partial charge is 0.494 e. The number of nitrogens with zero attached hydrogens (tertiary/aromatic N) is 1. The quantitative estimate of drug-likeness (QED) is 0.185. The van der Waals surface area contributed by atoms with Gasteiger partial charge in [-0.15, -0.1) is 11.3 Å². The summed E-state index contributed by atoms with van der Waals surface area (Å²) in [4.78, 5) is 17.1. The van der Waals surface area contributed by atoms with Crippen LogP contribution < -0.4 is 19.5 Å². The lowest BCUT2D eigenvalue weighted by molar-refractivity contribution is -0.111. The van der Waals surface area contributed by atoms with Crippen LogP contribution in [0.25, 0.3) is 17.3 Å². The summed E-state index contributed by atoms with van der Waals surface area (Å²) < 4.78 is 17.9. The molecule has 190 valence electrons. The number of hydrogen-bond donors (Lipinski definition) is 1. The molecule has 37 heavy (non-hydrogen) atoms. The highest BCUT2D eigenvalue weighted by Gasteiger charge is 2.12. The maximum Gasteiger partial charge on any atom is 0.250 e. The molecule has 8 heteroatoms. The zero-order valence-electron chi connectivity index (χ0n) is 20.6. The first kappa shape index (κ1) is 26.4. The second kappa shape index (κ2) is 13.1. The van der Waals surface area contributed by atoms with Crippen molar-refractivity contribution in [3.63, 3.8) is 0 Å². The Morgan fingerprint density at radius 1 is 1.08 bits per heavy atom. The normalized spacial score (nSPS) is 10.9. The van der Waals surface area contributed by atoms with Crippen molar-refractivity contribution in [3.05, 3.63) is 93.8 Å². The molecule has 1 N–H and O–H groups in total. The summed E-state index contributed by atoms with van der Waals surface area (Å²) in [5, 5.41) is 5.27. The lowest BCUT2D eigenvalue weighted by atomic mass is 10.2. The minimum absolute atomic E-state index is 0.274. The zero-order valence-corrected chi connectivity index (χ0v) is 23.0. The van der Waals surface area contributed by atoms with Gasteiger partial charge >= 0.3 is 0 Å². The topological polar surface area (TPSA) is 69.7 Å². The average molecular weight is 580 g/mol. The Bertz CT molecular complexity index is 1350. The van der Waals surface area contributed by atoms with Gasteiger partial charge in [0.1, 0.15) is 12.4 Å². The van der Waals surface area contributed by atoms with Crippen LogP contribution >= 0.6 is 27.3 Å². The van der Waals surface area contributed by atoms with Gasteiger partial charge in [-0.3, -0.25) is 10.1 Å². The molecule has 1 amide bonds. The van der Waals surface area contributed by atoms with Crippen molar-refractivity contribution in [1.29, 1.82) is 0 Å². The van der Waals surface area contributed by atoms with Crippen LogP contribution in [0.1, 0.15) is 24.5 Å². The highest BCUT2D eigenvalue weighted by Crippen LogP contribution is 2.37. The molecule has 0 radical (unpaired) electrons. The molecular formula is C29H27BrN2O4S. The number of benzene rings is 3. The molecule has 4 aromatic rings. The number of anilines is 1. The number of hydrogen-bond acceptors (Lipinski definition) is 6. The third kappa shape index (κ3) is 7.44. The van der Waals surface area contributed by atoms with Gasteiger partial charge in [0.05, 0.1) is 23.9 Å². The smallest absolute Gasteiger partial charge is 0.250 e. The number of thiazole rings is 1. The van der Waals surface area contributed by atoms with E-state index in [0.29, 0.717) is 29.8 Å². The van der Waals surface area contributed by atoms with Crippen LogP contribution in [0.2, 0.25) is 0 Å². The molecule has 1 aromatic heterocycles. The maximum atomic E-state index is 12.5. The molecule has 0 aliphatic heterocycles. The summed E-state index contributed by atoms with van der Waals surface area (Å²) in [6, 6.07) is 21.4. The van der Waals surface area contributed by atoms with Gasteiger partial charge in [0.25, 0.3) is 0 Å². The Morgan fingerprint density at radius 3 is 2.59 bits per heavy atom. The minimum atomic E-state index is -0.274. The van der Waals surface area contributed by atoms with E-state index in [-0.39, 0.29) is 5.91 Å². The molecule has 6 nitrogen and oxygen atoms in total. The van der Waals surface area contributed by atoms with Crippen molar-refractivity contribution in [3.8, 4) is 28.5 Å². The van der Waals surface area contributed by atoms with Crippen molar-refractivity contribution < 1.29 is 19.0 Å². The number of rotatable bonds is 11. The highest BCUT2D eigenvalue weighted by molar-refractivity contribution is 9.10. The fourth-order valence-corrected chi connectivity index (χ4v) is 4.73. The number of ether oxygens (including phenoxy) is 3. The molecule has 0 fully saturated rings. The summed E-state index contributed by atoms with van der Waals surface area (Å²) in [7, 11) is 1.59. The Kier molecular flexibility index (Phi) is 9.35. The molecule has 0 spiro atoms. The van der Waals surface area contributed by atoms with E-state index in [0.717, 1.165) is 39.0 Å². The number of methoxy groups -OCH3 is 1. The average Bonchev–Trinajstić information content (AvgIpc) is 3.39. The molecule has 0 bridgehead atoms. The lowest BCUT2D eigenvalue weighted by Gasteiger charge is -2.13. The lowest BCUT2D eigenvalue weighted by Crippen LogP contribution is -2.07. The number of aromatic nitrogens is 1. The van der Waals surface area contributed by atoms with Gasteiger partial charge in [0.2, 0.25) is 5.91 Å². The van der Waals surface area contributed by atoms with E-state index >= 15 is 0 Å². The van der Waals surface area contributed by atoms with Crippen molar-refractivity contribution in [2.75, 3.05) is 19.0 Å². The van der Waals surface area contributed by atoms with Gasteiger partial charge in [-0.1, -0.05) is 37.3 Å². The van der Waals surface area contributed by atoms with E-state index in [1.54, 1.807) is 13.2 Å². The van der Waals surface area contributed by atoms with Gasteiger partial charge in [-0.05, 0) is 76.0 Å². The second-order valence-electron chi connectivity index (χ2n) is 8.04. The monoisotopic (exact) mass is 578 g/mol.